The van der Waals surface area contributed by atoms with E-state index in [9.17, 15) is 4.79 Å². The number of fused-ring (bicyclic) bond motifs is 1. The number of aryl methyl sites for hydroxylation is 2. The number of rotatable bonds is 4. The molecule has 2 aromatic carbocycles. The predicted molar refractivity (Wildman–Crippen MR) is 121 cm³/mol. The normalized spacial score (nSPS) is 15.2. The summed E-state index contributed by atoms with van der Waals surface area (Å²) < 4.78 is 39.4. The summed E-state index contributed by atoms with van der Waals surface area (Å²) in [6, 6.07) is 16.3. The number of aliphatic hydroxyl groups is 1. The van der Waals surface area contributed by atoms with Crippen molar-refractivity contribution in [2.24, 2.45) is 5.92 Å². The van der Waals surface area contributed by atoms with Gasteiger partial charge in [0.1, 0.15) is 0 Å². The van der Waals surface area contributed by atoms with Crippen molar-refractivity contribution in [2.75, 3.05) is 0 Å². The number of hydrogen-bond donors (Lipinski definition) is 1. The molecule has 1 radical (unpaired) electrons. The summed E-state index contributed by atoms with van der Waals surface area (Å²) in [6.45, 7) is 5.91. The summed E-state index contributed by atoms with van der Waals surface area (Å²) in [5, 5.41) is 9.24. The molecule has 4 heteroatoms. The summed E-state index contributed by atoms with van der Waals surface area (Å²) in [7, 11) is 0. The van der Waals surface area contributed by atoms with Gasteiger partial charge in [-0.1, -0.05) is 51.9 Å². The fourth-order valence-corrected chi connectivity index (χ4v) is 2.93. The molecular weight excluding hydrogens is 551 g/mol. The number of benzene rings is 2. The maximum atomic E-state index is 10.0. The van der Waals surface area contributed by atoms with Gasteiger partial charge in [0.15, 0.2) is 5.78 Å². The Morgan fingerprint density at radius 3 is 2.50 bits per heavy atom. The van der Waals surface area contributed by atoms with Crippen LogP contribution in [0.5, 0.6) is 0 Å². The van der Waals surface area contributed by atoms with Gasteiger partial charge in [-0.3, -0.25) is 9.78 Å². The van der Waals surface area contributed by atoms with Gasteiger partial charge in [-0.2, -0.15) is 0 Å². The van der Waals surface area contributed by atoms with E-state index in [1.165, 1.54) is 26.8 Å². The van der Waals surface area contributed by atoms with Gasteiger partial charge < -0.3 is 5.11 Å². The molecule has 1 unspecified atom stereocenters. The third kappa shape index (κ3) is 8.22. The van der Waals surface area contributed by atoms with E-state index in [1.54, 1.807) is 18.2 Å². The van der Waals surface area contributed by atoms with E-state index in [0.717, 1.165) is 27.8 Å². The molecule has 1 atom stereocenters. The number of nitrogens with zero attached hydrogens (tertiary/aromatic N) is 1. The molecule has 0 bridgehead atoms. The third-order valence-electron chi connectivity index (χ3n) is 3.91. The first-order valence-electron chi connectivity index (χ1n) is 11.9. The molecule has 1 aromatic heterocycles. The van der Waals surface area contributed by atoms with E-state index in [0.29, 0.717) is 11.1 Å². The van der Waals surface area contributed by atoms with Crippen molar-refractivity contribution in [2.45, 2.75) is 47.8 Å². The Balaban J connectivity index is 0.000000672. The molecule has 0 aliphatic rings. The monoisotopic (exact) mass is 586 g/mol. The van der Waals surface area contributed by atoms with Crippen LogP contribution in [0.4, 0.5) is 0 Å². The first-order chi connectivity index (χ1) is 15.6. The zero-order chi connectivity index (χ0) is 25.8. The molecule has 1 heterocycles. The van der Waals surface area contributed by atoms with Gasteiger partial charge in [0.25, 0.3) is 0 Å². The molecule has 0 fully saturated rings. The third-order valence-corrected chi connectivity index (χ3v) is 3.91. The number of ketones is 1. The van der Waals surface area contributed by atoms with E-state index in [-0.39, 0.29) is 31.6 Å². The van der Waals surface area contributed by atoms with E-state index in [2.05, 4.69) is 11.1 Å². The molecule has 161 valence electrons. The van der Waals surface area contributed by atoms with Crippen LogP contribution in [0.2, 0.25) is 0 Å². The van der Waals surface area contributed by atoms with Gasteiger partial charge in [0.05, 0.1) is 11.3 Å². The topological polar surface area (TPSA) is 50.2 Å². The van der Waals surface area contributed by atoms with Crippen LogP contribution in [0, 0.1) is 25.8 Å². The van der Waals surface area contributed by atoms with Crippen LogP contribution in [-0.4, -0.2) is 15.9 Å². The number of carbonyl (C=O) groups excluding carboxylic acids is 1. The average Bonchev–Trinajstić information content (AvgIpc) is 2.70. The Labute approximate surface area is 200 Å². The van der Waals surface area contributed by atoms with Gasteiger partial charge in [-0.05, 0) is 48.8 Å². The van der Waals surface area contributed by atoms with Crippen molar-refractivity contribution in [3.63, 3.8) is 0 Å². The SMILES string of the molecule is CC(=O)/C=C(/C)O.[2H]C([2H])([2H])C(C)C([2H])([2H])c1ccc2ccc(-c3[c-]c(C)cc(C)c3)nc2c1.[Ir]. The minimum atomic E-state index is -2.37. The molecule has 0 aliphatic heterocycles. The summed E-state index contributed by atoms with van der Waals surface area (Å²) in [4.78, 5) is 14.7. The fraction of sp³-hybridized carbons (Fsp3) is 0.308. The van der Waals surface area contributed by atoms with Crippen molar-refractivity contribution >= 4 is 16.7 Å². The van der Waals surface area contributed by atoms with Crippen LogP contribution < -0.4 is 0 Å². The Morgan fingerprint density at radius 1 is 1.23 bits per heavy atom. The standard InChI is InChI=1S/C21H22N.C5H8O2.Ir/c1-14(2)9-17-5-6-18-7-8-20(22-21(18)13-17)19-11-15(3)10-16(4)12-19;1-4(6)3-5(2)7;/h5-8,10-11,13-14H,9H2,1-4H3;3,6H,1-2H3;/q-1;;/b;4-3-;/i1D3,9D2;;. The smallest absolute Gasteiger partial charge is 0.155 e. The molecule has 0 amide bonds. The molecule has 0 spiro atoms. The number of aliphatic hydroxyl groups excluding tert-OH is 1. The Hall–Kier alpha value is -2.29. The molecule has 3 rings (SSSR count). The van der Waals surface area contributed by atoms with Crippen molar-refractivity contribution < 1.29 is 36.9 Å². The Kier molecular flexibility index (Phi) is 7.26. The van der Waals surface area contributed by atoms with Crippen LogP contribution in [0.3, 0.4) is 0 Å². The van der Waals surface area contributed by atoms with Crippen LogP contribution in [0.25, 0.3) is 22.2 Å². The van der Waals surface area contributed by atoms with E-state index in [4.69, 9.17) is 12.0 Å². The van der Waals surface area contributed by atoms with Gasteiger partial charge in [0.2, 0.25) is 0 Å². The second-order valence-corrected chi connectivity index (χ2v) is 7.12. The van der Waals surface area contributed by atoms with Gasteiger partial charge in [-0.25, -0.2) is 0 Å². The van der Waals surface area contributed by atoms with Gasteiger partial charge in [0, 0.05) is 33.0 Å². The van der Waals surface area contributed by atoms with Crippen LogP contribution in [0.15, 0.2) is 54.3 Å². The first kappa shape index (κ1) is 18.5. The maximum absolute atomic E-state index is 10.0. The summed E-state index contributed by atoms with van der Waals surface area (Å²) >= 11 is 0. The van der Waals surface area contributed by atoms with Crippen molar-refractivity contribution in [3.8, 4) is 11.3 Å². The van der Waals surface area contributed by atoms with Crippen molar-refractivity contribution in [1.82, 2.24) is 4.98 Å². The number of carbonyl (C=O) groups is 1. The fourth-order valence-electron chi connectivity index (χ4n) is 2.93. The van der Waals surface area contributed by atoms with Crippen LogP contribution in [-0.2, 0) is 31.3 Å². The molecule has 0 aliphatic carbocycles. The maximum Gasteiger partial charge on any atom is 0.155 e. The zero-order valence-corrected chi connectivity index (χ0v) is 20.2. The summed E-state index contributed by atoms with van der Waals surface area (Å²) in [5.74, 6) is -1.19. The molecule has 1 N–H and O–H groups in total. The second kappa shape index (κ2) is 11.8. The molecule has 3 nitrogen and oxygen atoms in total. The molecule has 0 saturated heterocycles. The predicted octanol–water partition coefficient (Wildman–Crippen LogP) is 6.55. The molecule has 30 heavy (non-hydrogen) atoms. The quantitative estimate of drug-likeness (QED) is 0.215. The van der Waals surface area contributed by atoms with E-state index < -0.39 is 19.1 Å². The van der Waals surface area contributed by atoms with E-state index in [1.807, 2.05) is 38.1 Å². The van der Waals surface area contributed by atoms with Crippen LogP contribution in [0.1, 0.15) is 51.2 Å². The largest absolute Gasteiger partial charge is 0.512 e. The number of allylic oxidation sites excluding steroid dienone is 2. The Morgan fingerprint density at radius 2 is 1.93 bits per heavy atom. The molecule has 3 aromatic rings. The summed E-state index contributed by atoms with van der Waals surface area (Å²) in [6.07, 6.45) is -0.816. The Bertz CT molecular complexity index is 1200. The zero-order valence-electron chi connectivity index (χ0n) is 22.8. The van der Waals surface area contributed by atoms with Crippen molar-refractivity contribution in [3.05, 3.63) is 77.1 Å². The second-order valence-electron chi connectivity index (χ2n) is 7.12. The number of aromatic nitrogens is 1. The molecular formula is C26H30IrNO2-. The van der Waals surface area contributed by atoms with Crippen molar-refractivity contribution in [1.29, 1.82) is 0 Å². The van der Waals surface area contributed by atoms with Gasteiger partial charge in [-0.15, -0.1) is 34.9 Å². The van der Waals surface area contributed by atoms with Gasteiger partial charge >= 0.3 is 0 Å². The first-order valence-corrected chi connectivity index (χ1v) is 9.41. The average molecular weight is 586 g/mol. The number of pyridine rings is 1. The molecule has 0 saturated carbocycles. The van der Waals surface area contributed by atoms with E-state index >= 15 is 0 Å². The minimum Gasteiger partial charge on any atom is -0.512 e. The summed E-state index contributed by atoms with van der Waals surface area (Å²) in [5.41, 5.74) is 4.77. The minimum absolute atomic E-state index is 0. The van der Waals surface area contributed by atoms with Crippen LogP contribution >= 0.6 is 0 Å². The number of hydrogen-bond acceptors (Lipinski definition) is 3.